The van der Waals surface area contributed by atoms with Gasteiger partial charge in [0.1, 0.15) is 23.2 Å². The molecule has 1 atom stereocenters. The van der Waals surface area contributed by atoms with E-state index in [0.717, 1.165) is 5.76 Å². The standard InChI is InChI=1S/C19H24BrN5O3S/c1-5-12(14-9-6-10(2)28-14)23-18(24-29)17(21)22-13-8-7-11(20)15(16(13)26)19(27)25(3)4/h6-9,12,26,29H,5H2,1-4H3,(H2,21,22)(H,23,24)/t12-/m1/s1. The number of rotatable bonds is 5. The number of nitrogens with two attached hydrogens (primary N) is 1. The smallest absolute Gasteiger partial charge is 0.258 e. The molecule has 1 aromatic heterocycles. The van der Waals surface area contributed by atoms with Gasteiger partial charge in [0, 0.05) is 18.6 Å². The van der Waals surface area contributed by atoms with Crippen LogP contribution in [-0.2, 0) is 0 Å². The first-order valence-electron chi connectivity index (χ1n) is 8.81. The van der Waals surface area contributed by atoms with Crippen LogP contribution in [0.25, 0.3) is 0 Å². The van der Waals surface area contributed by atoms with Crippen molar-refractivity contribution in [1.29, 1.82) is 0 Å². The second kappa shape index (κ2) is 9.84. The minimum atomic E-state index is -0.370. The molecule has 0 saturated heterocycles. The highest BCUT2D eigenvalue weighted by Crippen LogP contribution is 2.36. The van der Waals surface area contributed by atoms with Crippen LogP contribution in [0.1, 0.15) is 41.3 Å². The topological polar surface area (TPSA) is 116 Å². The molecule has 0 radical (unpaired) electrons. The zero-order chi connectivity index (χ0) is 21.7. The number of thiol groups is 1. The van der Waals surface area contributed by atoms with Crippen LogP contribution in [0.15, 0.2) is 43.1 Å². The highest BCUT2D eigenvalue weighted by atomic mass is 79.9. The quantitative estimate of drug-likeness (QED) is 0.295. The van der Waals surface area contributed by atoms with Gasteiger partial charge in [-0.1, -0.05) is 19.7 Å². The van der Waals surface area contributed by atoms with E-state index in [-0.39, 0.29) is 40.6 Å². The van der Waals surface area contributed by atoms with Crippen molar-refractivity contribution >= 4 is 52.0 Å². The van der Waals surface area contributed by atoms with E-state index in [1.807, 2.05) is 26.0 Å². The number of nitrogens with one attached hydrogen (secondary N) is 1. The fourth-order valence-corrected chi connectivity index (χ4v) is 3.21. The second-order valence-corrected chi connectivity index (χ2v) is 7.53. The van der Waals surface area contributed by atoms with Crippen LogP contribution in [0.3, 0.4) is 0 Å². The number of hydrogen-bond acceptors (Lipinski definition) is 6. The average molecular weight is 482 g/mol. The number of aromatic hydroxyl groups is 1. The molecular weight excluding hydrogens is 458 g/mol. The fraction of sp³-hybridized carbons (Fsp3) is 0.316. The Labute approximate surface area is 183 Å². The number of phenols is 1. The van der Waals surface area contributed by atoms with E-state index in [0.29, 0.717) is 16.7 Å². The molecule has 8 nitrogen and oxygen atoms in total. The van der Waals surface area contributed by atoms with Crippen LogP contribution in [0.4, 0.5) is 5.69 Å². The summed E-state index contributed by atoms with van der Waals surface area (Å²) in [7, 11) is 3.19. The van der Waals surface area contributed by atoms with Crippen molar-refractivity contribution in [3.8, 4) is 5.75 Å². The first-order chi connectivity index (χ1) is 13.7. The molecule has 1 heterocycles. The summed E-state index contributed by atoms with van der Waals surface area (Å²) in [6, 6.07) is 6.60. The van der Waals surface area contributed by atoms with Crippen LogP contribution in [0.5, 0.6) is 5.75 Å². The summed E-state index contributed by atoms with van der Waals surface area (Å²) >= 11 is 7.35. The molecule has 4 N–H and O–H groups in total. The van der Waals surface area contributed by atoms with E-state index in [2.05, 4.69) is 43.5 Å². The molecule has 0 spiro atoms. The number of nitrogens with zero attached hydrogens (tertiary/aromatic N) is 3. The molecule has 0 bridgehead atoms. The van der Waals surface area contributed by atoms with Gasteiger partial charge in [-0.2, -0.15) is 0 Å². The number of benzene rings is 1. The van der Waals surface area contributed by atoms with E-state index < -0.39 is 0 Å². The maximum Gasteiger partial charge on any atom is 0.258 e. The van der Waals surface area contributed by atoms with Gasteiger partial charge in [-0.3, -0.25) is 9.79 Å². The van der Waals surface area contributed by atoms with Crippen LogP contribution in [0, 0.1) is 6.92 Å². The summed E-state index contributed by atoms with van der Waals surface area (Å²) in [5, 5.41) is 10.6. The summed E-state index contributed by atoms with van der Waals surface area (Å²) in [4.78, 5) is 22.5. The number of aliphatic imine (C=N–C) groups is 2. The molecule has 0 saturated carbocycles. The van der Waals surface area contributed by atoms with Gasteiger partial charge in [0.05, 0.1) is 5.56 Å². The van der Waals surface area contributed by atoms with E-state index >= 15 is 0 Å². The Morgan fingerprint density at radius 2 is 2.07 bits per heavy atom. The Morgan fingerprint density at radius 1 is 1.38 bits per heavy atom. The zero-order valence-corrected chi connectivity index (χ0v) is 19.1. The third-order valence-corrected chi connectivity index (χ3v) is 4.95. The highest BCUT2D eigenvalue weighted by molar-refractivity contribution is 9.10. The maximum absolute atomic E-state index is 12.4. The molecule has 156 valence electrons. The van der Waals surface area contributed by atoms with Crippen LogP contribution >= 0.6 is 28.7 Å². The van der Waals surface area contributed by atoms with Crippen molar-refractivity contribution in [1.82, 2.24) is 9.62 Å². The number of halogens is 1. The van der Waals surface area contributed by atoms with E-state index in [9.17, 15) is 9.90 Å². The number of carbonyl (C=O) groups is 1. The Kier molecular flexibility index (Phi) is 7.74. The lowest BCUT2D eigenvalue weighted by molar-refractivity contribution is 0.0824. The Bertz CT molecular complexity index is 955. The van der Waals surface area contributed by atoms with Gasteiger partial charge < -0.3 is 24.9 Å². The zero-order valence-electron chi connectivity index (χ0n) is 16.6. The number of amidine groups is 2. The normalized spacial score (nSPS) is 13.3. The van der Waals surface area contributed by atoms with Crippen molar-refractivity contribution in [3.05, 3.63) is 45.8 Å². The molecule has 10 heteroatoms. The number of phenolic OH excluding ortho intramolecular Hbond substituents is 1. The van der Waals surface area contributed by atoms with Crippen LogP contribution in [-0.4, -0.2) is 41.7 Å². The van der Waals surface area contributed by atoms with E-state index in [1.54, 1.807) is 26.2 Å². The van der Waals surface area contributed by atoms with Gasteiger partial charge in [0.2, 0.25) is 0 Å². The maximum atomic E-state index is 12.4. The lowest BCUT2D eigenvalue weighted by Gasteiger charge is -2.15. The van der Waals surface area contributed by atoms with E-state index in [1.165, 1.54) is 4.90 Å². The van der Waals surface area contributed by atoms with Crippen LogP contribution < -0.4 is 10.5 Å². The molecule has 2 aromatic rings. The average Bonchev–Trinajstić information content (AvgIpc) is 3.11. The van der Waals surface area contributed by atoms with Gasteiger partial charge in [-0.15, -0.1) is 0 Å². The van der Waals surface area contributed by atoms with Crippen molar-refractivity contribution in [3.63, 3.8) is 0 Å². The lowest BCUT2D eigenvalue weighted by Crippen LogP contribution is -2.32. The number of furan rings is 1. The molecule has 2 rings (SSSR count). The first kappa shape index (κ1) is 22.8. The summed E-state index contributed by atoms with van der Waals surface area (Å²) in [6.45, 7) is 3.83. The number of carbonyl (C=O) groups excluding carboxylic acids is 1. The largest absolute Gasteiger partial charge is 0.505 e. The molecule has 0 aliphatic heterocycles. The fourth-order valence-electron chi connectivity index (χ4n) is 2.55. The first-order valence-corrected chi connectivity index (χ1v) is 10.0. The Morgan fingerprint density at radius 3 is 2.59 bits per heavy atom. The lowest BCUT2D eigenvalue weighted by atomic mass is 10.1. The molecule has 1 aromatic carbocycles. The molecule has 0 aliphatic carbocycles. The number of aryl methyl sites for hydroxylation is 1. The second-order valence-electron chi connectivity index (χ2n) is 6.45. The Balaban J connectivity index is 2.44. The minimum absolute atomic E-state index is 0.00241. The molecule has 0 unspecified atom stereocenters. The molecule has 1 amide bonds. The molecule has 0 aliphatic rings. The predicted octanol–water partition coefficient (Wildman–Crippen LogP) is 3.73. The van der Waals surface area contributed by atoms with Gasteiger partial charge in [-0.25, -0.2) is 4.99 Å². The molecule has 29 heavy (non-hydrogen) atoms. The molecule has 0 fully saturated rings. The van der Waals surface area contributed by atoms with Gasteiger partial charge in [0.25, 0.3) is 5.91 Å². The third kappa shape index (κ3) is 5.33. The minimum Gasteiger partial charge on any atom is -0.505 e. The summed E-state index contributed by atoms with van der Waals surface area (Å²) in [5.41, 5.74) is 6.33. The van der Waals surface area contributed by atoms with Crippen molar-refractivity contribution in [2.45, 2.75) is 26.3 Å². The van der Waals surface area contributed by atoms with Crippen molar-refractivity contribution < 1.29 is 14.3 Å². The highest BCUT2D eigenvalue weighted by Gasteiger charge is 2.21. The summed E-state index contributed by atoms with van der Waals surface area (Å²) in [6.07, 6.45) is 0.671. The molecular formula is C19H24BrN5O3S. The van der Waals surface area contributed by atoms with Crippen LogP contribution in [0.2, 0.25) is 0 Å². The van der Waals surface area contributed by atoms with E-state index in [4.69, 9.17) is 10.2 Å². The van der Waals surface area contributed by atoms with Gasteiger partial charge >= 0.3 is 0 Å². The van der Waals surface area contributed by atoms with Gasteiger partial charge in [-0.05, 0) is 53.5 Å². The monoisotopic (exact) mass is 481 g/mol. The summed E-state index contributed by atoms with van der Waals surface area (Å²) < 4.78 is 8.73. The van der Waals surface area contributed by atoms with Crippen molar-refractivity contribution in [2.75, 3.05) is 14.1 Å². The number of hydrogen-bond donors (Lipinski definition) is 4. The number of amides is 1. The SMILES string of the molecule is CC[C@@H](N=C(NS)C(N)=Nc1ccc(Br)c(C(=O)N(C)C)c1O)c1ccc(C)o1. The van der Waals surface area contributed by atoms with Gasteiger partial charge in [0.15, 0.2) is 17.4 Å². The summed E-state index contributed by atoms with van der Waals surface area (Å²) in [5.74, 6) is 1.05. The van der Waals surface area contributed by atoms with Crippen molar-refractivity contribution in [2.24, 2.45) is 15.7 Å². The Hall–Kier alpha value is -2.46. The predicted molar refractivity (Wildman–Crippen MR) is 121 cm³/mol. The third-order valence-electron chi connectivity index (χ3n) is 4.08.